The Bertz CT molecular complexity index is 441. The minimum Gasteiger partial charge on any atom is -0.481 e. The van der Waals surface area contributed by atoms with Crippen LogP contribution < -0.4 is 10.6 Å². The Kier molecular flexibility index (Phi) is 20.9. The number of unbranched alkanes of at least 4 members (excludes halogenated alkanes) is 13. The largest absolute Gasteiger partial charge is 0.481 e. The molecule has 0 heterocycles. The van der Waals surface area contributed by atoms with Crippen molar-refractivity contribution in [2.75, 3.05) is 13.1 Å². The molecule has 0 saturated heterocycles. The molecule has 30 heavy (non-hydrogen) atoms. The first-order chi connectivity index (χ1) is 14.6. The third-order valence-electron chi connectivity index (χ3n) is 5.29. The highest BCUT2D eigenvalue weighted by Crippen LogP contribution is 2.13. The molecule has 6 heteroatoms. The molecule has 3 N–H and O–H groups in total. The number of rotatable bonds is 22. The van der Waals surface area contributed by atoms with Gasteiger partial charge in [0, 0.05) is 25.9 Å². The lowest BCUT2D eigenvalue weighted by Crippen LogP contribution is -2.25. The van der Waals surface area contributed by atoms with Crippen LogP contribution >= 0.6 is 0 Å². The van der Waals surface area contributed by atoms with Crippen LogP contribution in [0.3, 0.4) is 0 Å². The Morgan fingerprint density at radius 3 is 1.20 bits per heavy atom. The second kappa shape index (κ2) is 22.1. The number of carbonyl (C=O) groups is 3. The fourth-order valence-corrected chi connectivity index (χ4v) is 3.44. The molecule has 0 aliphatic rings. The molecule has 176 valence electrons. The van der Waals surface area contributed by atoms with Gasteiger partial charge in [0.05, 0.1) is 6.42 Å². The van der Waals surface area contributed by atoms with Crippen molar-refractivity contribution in [1.82, 2.24) is 10.6 Å². The number of carbonyl (C=O) groups excluding carboxylic acids is 2. The maximum absolute atomic E-state index is 11.5. The molecule has 0 fully saturated rings. The van der Waals surface area contributed by atoms with Gasteiger partial charge in [-0.1, -0.05) is 84.0 Å². The van der Waals surface area contributed by atoms with E-state index in [2.05, 4.69) is 17.6 Å². The summed E-state index contributed by atoms with van der Waals surface area (Å²) in [6.45, 7) is 3.10. The first kappa shape index (κ1) is 28.4. The van der Waals surface area contributed by atoms with Crippen molar-refractivity contribution < 1.29 is 19.5 Å². The minimum atomic E-state index is -0.879. The summed E-state index contributed by atoms with van der Waals surface area (Å²) in [6.07, 6.45) is 19.2. The van der Waals surface area contributed by atoms with E-state index in [1.165, 1.54) is 70.6 Å². The minimum absolute atomic E-state index is 0.00891. The third-order valence-corrected chi connectivity index (χ3v) is 5.29. The second-order valence-corrected chi connectivity index (χ2v) is 8.29. The van der Waals surface area contributed by atoms with Crippen LogP contribution in [0.2, 0.25) is 0 Å². The molecule has 0 bridgehead atoms. The Hall–Kier alpha value is -1.59. The van der Waals surface area contributed by atoms with Gasteiger partial charge in [-0.15, -0.1) is 0 Å². The van der Waals surface area contributed by atoms with Crippen LogP contribution in [0.25, 0.3) is 0 Å². The van der Waals surface area contributed by atoms with Crippen molar-refractivity contribution in [3.05, 3.63) is 0 Å². The molecule has 0 unspecified atom stereocenters. The molecule has 0 aromatic carbocycles. The van der Waals surface area contributed by atoms with E-state index in [1.807, 2.05) is 0 Å². The van der Waals surface area contributed by atoms with E-state index in [0.29, 0.717) is 12.8 Å². The summed E-state index contributed by atoms with van der Waals surface area (Å²) >= 11 is 0. The van der Waals surface area contributed by atoms with Gasteiger partial charge in [-0.3, -0.25) is 14.4 Å². The molecule has 0 aromatic rings. The fraction of sp³-hybridized carbons (Fsp3) is 0.875. The van der Waals surface area contributed by atoms with Gasteiger partial charge < -0.3 is 15.7 Å². The summed E-state index contributed by atoms with van der Waals surface area (Å²) in [4.78, 5) is 33.3. The molecule has 0 spiro atoms. The van der Waals surface area contributed by atoms with E-state index in [1.54, 1.807) is 0 Å². The number of carboxylic acid groups (broad SMARTS) is 1. The SMILES string of the molecule is CCCNC(=O)CCCCCCCCCCCCCCCCC(=O)NCCC(=O)O. The lowest BCUT2D eigenvalue weighted by atomic mass is 10.0. The van der Waals surface area contributed by atoms with Gasteiger partial charge in [0.2, 0.25) is 11.8 Å². The van der Waals surface area contributed by atoms with E-state index < -0.39 is 5.97 Å². The Morgan fingerprint density at radius 1 is 0.533 bits per heavy atom. The molecular weight excluding hydrogens is 380 g/mol. The van der Waals surface area contributed by atoms with Gasteiger partial charge in [0.1, 0.15) is 0 Å². The maximum atomic E-state index is 11.5. The van der Waals surface area contributed by atoms with Crippen LogP contribution in [0.4, 0.5) is 0 Å². The second-order valence-electron chi connectivity index (χ2n) is 8.29. The molecule has 0 aliphatic heterocycles. The Balaban J connectivity index is 3.17. The zero-order chi connectivity index (χ0) is 22.3. The van der Waals surface area contributed by atoms with Crippen LogP contribution in [-0.2, 0) is 14.4 Å². The number of amides is 2. The average Bonchev–Trinajstić information content (AvgIpc) is 2.71. The number of hydrogen-bond acceptors (Lipinski definition) is 3. The van der Waals surface area contributed by atoms with Crippen molar-refractivity contribution in [3.63, 3.8) is 0 Å². The number of carboxylic acids is 1. The molecule has 0 aliphatic carbocycles. The molecular formula is C24H46N2O4. The van der Waals surface area contributed by atoms with Gasteiger partial charge in [0.25, 0.3) is 0 Å². The van der Waals surface area contributed by atoms with Crippen molar-refractivity contribution in [2.24, 2.45) is 0 Å². The smallest absolute Gasteiger partial charge is 0.305 e. The summed E-state index contributed by atoms with van der Waals surface area (Å²) in [6, 6.07) is 0. The highest BCUT2D eigenvalue weighted by Gasteiger charge is 2.02. The summed E-state index contributed by atoms with van der Waals surface area (Å²) in [7, 11) is 0. The van der Waals surface area contributed by atoms with Crippen LogP contribution in [0.1, 0.15) is 122 Å². The molecule has 0 radical (unpaired) electrons. The first-order valence-electron chi connectivity index (χ1n) is 12.3. The van der Waals surface area contributed by atoms with Gasteiger partial charge in [-0.25, -0.2) is 0 Å². The zero-order valence-corrected chi connectivity index (χ0v) is 19.3. The fourth-order valence-electron chi connectivity index (χ4n) is 3.44. The van der Waals surface area contributed by atoms with Crippen LogP contribution in [0, 0.1) is 0 Å². The molecule has 0 saturated carbocycles. The summed E-state index contributed by atoms with van der Waals surface area (Å²) in [5.41, 5.74) is 0. The van der Waals surface area contributed by atoms with Crippen LogP contribution in [-0.4, -0.2) is 36.0 Å². The number of hydrogen-bond donors (Lipinski definition) is 3. The highest BCUT2D eigenvalue weighted by atomic mass is 16.4. The van der Waals surface area contributed by atoms with E-state index in [0.717, 1.165) is 32.2 Å². The highest BCUT2D eigenvalue weighted by molar-refractivity contribution is 5.76. The van der Waals surface area contributed by atoms with Gasteiger partial charge in [-0.05, 0) is 19.3 Å². The maximum Gasteiger partial charge on any atom is 0.305 e. The summed E-state index contributed by atoms with van der Waals surface area (Å²) in [5.74, 6) is -0.709. The third kappa shape index (κ3) is 22.7. The molecule has 0 rings (SSSR count). The molecule has 0 aromatic heterocycles. The molecule has 2 amide bonds. The number of nitrogens with one attached hydrogen (secondary N) is 2. The first-order valence-corrected chi connectivity index (χ1v) is 12.3. The van der Waals surface area contributed by atoms with Crippen molar-refractivity contribution in [3.8, 4) is 0 Å². The standard InChI is InChI=1S/C24H46N2O4/c1-2-20-25-22(27)17-15-13-11-9-7-5-3-4-6-8-10-12-14-16-18-23(28)26-21-19-24(29)30/h2-21H2,1H3,(H,25,27)(H,26,28)(H,29,30). The van der Waals surface area contributed by atoms with E-state index >= 15 is 0 Å². The molecule has 6 nitrogen and oxygen atoms in total. The van der Waals surface area contributed by atoms with E-state index in [9.17, 15) is 14.4 Å². The zero-order valence-electron chi connectivity index (χ0n) is 19.3. The Morgan fingerprint density at radius 2 is 0.867 bits per heavy atom. The van der Waals surface area contributed by atoms with Crippen LogP contribution in [0.5, 0.6) is 0 Å². The normalized spacial score (nSPS) is 10.7. The van der Waals surface area contributed by atoms with E-state index in [4.69, 9.17) is 5.11 Å². The summed E-state index contributed by atoms with van der Waals surface area (Å²) in [5, 5.41) is 14.1. The lowest BCUT2D eigenvalue weighted by molar-refractivity contribution is -0.137. The van der Waals surface area contributed by atoms with Gasteiger partial charge in [0.15, 0.2) is 0 Å². The topological polar surface area (TPSA) is 95.5 Å². The van der Waals surface area contributed by atoms with Crippen molar-refractivity contribution >= 4 is 17.8 Å². The number of aliphatic carboxylic acids is 1. The van der Waals surface area contributed by atoms with Crippen molar-refractivity contribution in [1.29, 1.82) is 0 Å². The Labute approximate surface area is 184 Å². The van der Waals surface area contributed by atoms with Gasteiger partial charge >= 0.3 is 5.97 Å². The molecule has 0 atom stereocenters. The lowest BCUT2D eigenvalue weighted by Gasteiger charge is -2.05. The van der Waals surface area contributed by atoms with E-state index in [-0.39, 0.29) is 24.8 Å². The van der Waals surface area contributed by atoms with Crippen molar-refractivity contribution in [2.45, 2.75) is 122 Å². The average molecular weight is 427 g/mol. The quantitative estimate of drug-likeness (QED) is 0.203. The predicted octanol–water partition coefficient (Wildman–Crippen LogP) is 5.35. The van der Waals surface area contributed by atoms with Gasteiger partial charge in [-0.2, -0.15) is 0 Å². The summed E-state index contributed by atoms with van der Waals surface area (Å²) < 4.78 is 0. The predicted molar refractivity (Wildman–Crippen MR) is 122 cm³/mol. The monoisotopic (exact) mass is 426 g/mol. The van der Waals surface area contributed by atoms with Crippen LogP contribution in [0.15, 0.2) is 0 Å².